The Balaban J connectivity index is 0.000000241. The van der Waals surface area contributed by atoms with Crippen LogP contribution in [0.25, 0.3) is 33.7 Å². The summed E-state index contributed by atoms with van der Waals surface area (Å²) in [7, 11) is 0. The summed E-state index contributed by atoms with van der Waals surface area (Å²) >= 11 is 11.0. The molecule has 5 aromatic rings. The van der Waals surface area contributed by atoms with Crippen LogP contribution >= 0.6 is 23.2 Å². The maximum Gasteiger partial charge on any atom is -1.00 e. The largest absolute Gasteiger partial charge is 1.00 e. The van der Waals surface area contributed by atoms with Crippen LogP contribution < -0.4 is 24.8 Å². The predicted molar refractivity (Wildman–Crippen MR) is 190 cm³/mol. The Bertz CT molecular complexity index is 1730. The van der Waals surface area contributed by atoms with Gasteiger partial charge >= 0.3 is 123 Å². The van der Waals surface area contributed by atoms with Crippen LogP contribution in [0.2, 0.25) is 10.0 Å². The summed E-state index contributed by atoms with van der Waals surface area (Å²) in [6, 6.07) is 31.0. The molecule has 0 radical (unpaired) electrons. The molecule has 0 amide bonds. The van der Waals surface area contributed by atoms with Crippen LogP contribution in [0.3, 0.4) is 0 Å². The summed E-state index contributed by atoms with van der Waals surface area (Å²) in [6.45, 7) is 14.3. The van der Waals surface area contributed by atoms with Crippen molar-refractivity contribution in [1.29, 1.82) is 0 Å². The van der Waals surface area contributed by atoms with E-state index in [1.165, 1.54) is 38.2 Å². The standard InChI is InChI=1S/C17H13.C9H13.2C7H5Cl.2ClH.Zr/c1-3-12-5-7-14-11-15-8-6-13(4-2)10-17(15)16(14)9-12;1-9(2,3)8-6-4-5-7-8;2*1-6-2-4-7(8)5-3-6;;;/h3-11H,1-2H2;6-7H,4H2,1-3H3;2*1-5H;2*1H;/q2*-1;;;;;/p-2. The molecule has 0 bridgehead atoms. The molecule has 1 aliphatic rings. The van der Waals surface area contributed by atoms with Crippen molar-refractivity contribution in [3.63, 3.8) is 0 Å². The van der Waals surface area contributed by atoms with Crippen molar-refractivity contribution in [2.45, 2.75) is 27.2 Å². The second-order valence-corrected chi connectivity index (χ2v) is 14.4. The van der Waals surface area contributed by atoms with E-state index in [2.05, 4.69) is 126 Å². The van der Waals surface area contributed by atoms with Crippen molar-refractivity contribution in [2.75, 3.05) is 0 Å². The molecule has 232 valence electrons. The van der Waals surface area contributed by atoms with Crippen molar-refractivity contribution in [1.82, 2.24) is 0 Å². The zero-order chi connectivity index (χ0) is 30.8. The third-order valence-electron chi connectivity index (χ3n) is 7.03. The minimum absolute atomic E-state index is 0. The summed E-state index contributed by atoms with van der Waals surface area (Å²) in [6.07, 6.45) is 12.3. The van der Waals surface area contributed by atoms with Gasteiger partial charge in [-0.2, -0.15) is 11.6 Å². The molecule has 0 fully saturated rings. The van der Waals surface area contributed by atoms with Crippen LogP contribution in [0.15, 0.2) is 122 Å². The van der Waals surface area contributed by atoms with Gasteiger partial charge in [-0.1, -0.05) is 75.8 Å². The van der Waals surface area contributed by atoms with Gasteiger partial charge in [0.25, 0.3) is 0 Å². The molecule has 0 atom stereocenters. The third-order valence-corrected chi connectivity index (χ3v) is 9.99. The van der Waals surface area contributed by atoms with Gasteiger partial charge in [-0.05, 0) is 11.1 Å². The summed E-state index contributed by atoms with van der Waals surface area (Å²) < 4.78 is 4.66. The predicted octanol–water partition coefficient (Wildman–Crippen LogP) is 5.80. The number of fused-ring (bicyclic) bond motifs is 3. The van der Waals surface area contributed by atoms with Gasteiger partial charge in [-0.15, -0.1) is 46.2 Å². The molecule has 5 heteroatoms. The Morgan fingerprint density at radius 3 is 1.44 bits per heavy atom. The summed E-state index contributed by atoms with van der Waals surface area (Å²) in [5.41, 5.74) is 6.58. The molecule has 5 aromatic carbocycles. The second kappa shape index (κ2) is 18.6. The number of allylic oxidation sites excluding steroid dienone is 4. The summed E-state index contributed by atoms with van der Waals surface area (Å²) in [5.74, 6) is 0. The zero-order valence-corrected chi connectivity index (χ0v) is 31.2. The SMILES string of the molecule is C=Cc1ccc2[cH-]c3ccc(C=C)cc3c2c1.CC(C)(C)C1=CC[C-]=C1.Clc1ccc([CH]=[Zr]=[CH]c2ccc(Cl)cc2)cc1.[Cl-].[Cl-]. The molecule has 0 nitrogen and oxygen atoms in total. The quantitative estimate of drug-likeness (QED) is 0.204. The van der Waals surface area contributed by atoms with E-state index in [1.807, 2.05) is 36.4 Å². The van der Waals surface area contributed by atoms with Crippen molar-refractivity contribution >= 4 is 64.3 Å². The molecule has 0 saturated carbocycles. The Labute approximate surface area is 301 Å². The fourth-order valence-corrected chi connectivity index (χ4v) is 6.91. The molecule has 0 spiro atoms. The maximum absolute atomic E-state index is 5.84. The number of benzene rings is 4. The van der Waals surface area contributed by atoms with Crippen LogP contribution in [-0.2, 0) is 22.3 Å². The smallest absolute Gasteiger partial charge is 1.00 e. The van der Waals surface area contributed by atoms with E-state index in [-0.39, 0.29) is 24.8 Å². The van der Waals surface area contributed by atoms with Gasteiger partial charge in [-0.3, -0.25) is 6.08 Å². The minimum Gasteiger partial charge on any atom is -1.00 e. The zero-order valence-electron chi connectivity index (χ0n) is 25.8. The van der Waals surface area contributed by atoms with E-state index in [1.54, 1.807) is 0 Å². The molecular weight excluding hydrogens is 713 g/mol. The van der Waals surface area contributed by atoms with Crippen molar-refractivity contribution < 1.29 is 47.1 Å². The third kappa shape index (κ3) is 11.7. The monoisotopic (exact) mass is 746 g/mol. The Kier molecular flexibility index (Phi) is 16.0. The van der Waals surface area contributed by atoms with Crippen LogP contribution in [0.4, 0.5) is 0 Å². The second-order valence-electron chi connectivity index (χ2n) is 11.3. The molecular formula is C40H36Cl4Zr-4. The topological polar surface area (TPSA) is 0 Å². The van der Waals surface area contributed by atoms with Crippen molar-refractivity contribution in [3.8, 4) is 0 Å². The fraction of sp³-hybridized carbons (Fsp3) is 0.125. The Morgan fingerprint density at radius 2 is 1.11 bits per heavy atom. The van der Waals surface area contributed by atoms with Gasteiger partial charge in [0, 0.05) is 0 Å². The first-order chi connectivity index (χ1) is 20.7. The van der Waals surface area contributed by atoms with E-state index in [0.29, 0.717) is 5.41 Å². The van der Waals surface area contributed by atoms with Gasteiger partial charge in [0.15, 0.2) is 0 Å². The first-order valence-corrected chi connectivity index (χ1v) is 17.8. The fourth-order valence-electron chi connectivity index (χ4n) is 4.56. The number of hydrogen-bond donors (Lipinski definition) is 0. The molecule has 0 aliphatic heterocycles. The molecule has 0 aromatic heterocycles. The molecule has 0 unspecified atom stereocenters. The van der Waals surface area contributed by atoms with Crippen LogP contribution in [-0.4, -0.2) is 7.42 Å². The number of halogens is 4. The molecule has 6 rings (SSSR count). The van der Waals surface area contributed by atoms with E-state index < -0.39 is 22.3 Å². The van der Waals surface area contributed by atoms with E-state index in [9.17, 15) is 0 Å². The van der Waals surface area contributed by atoms with E-state index in [4.69, 9.17) is 23.2 Å². The van der Waals surface area contributed by atoms with Gasteiger partial charge in [0.2, 0.25) is 0 Å². The number of rotatable bonds is 4. The van der Waals surface area contributed by atoms with Gasteiger partial charge in [0.05, 0.1) is 0 Å². The normalized spacial score (nSPS) is 11.4. The van der Waals surface area contributed by atoms with Crippen molar-refractivity contribution in [2.24, 2.45) is 5.41 Å². The van der Waals surface area contributed by atoms with E-state index in [0.717, 1.165) is 27.6 Å². The summed E-state index contributed by atoms with van der Waals surface area (Å²) in [5, 5.41) is 6.73. The van der Waals surface area contributed by atoms with Gasteiger partial charge < -0.3 is 24.8 Å². The Morgan fingerprint density at radius 1 is 0.689 bits per heavy atom. The number of hydrogen-bond acceptors (Lipinski definition) is 0. The average Bonchev–Trinajstić information content (AvgIpc) is 3.68. The molecule has 0 heterocycles. The van der Waals surface area contributed by atoms with Crippen molar-refractivity contribution in [3.05, 3.63) is 160 Å². The maximum atomic E-state index is 5.84. The molecule has 1 aliphatic carbocycles. The van der Waals surface area contributed by atoms with Gasteiger partial charge in [-0.25, -0.2) is 6.08 Å². The van der Waals surface area contributed by atoms with Crippen LogP contribution in [0, 0.1) is 11.5 Å². The molecule has 45 heavy (non-hydrogen) atoms. The van der Waals surface area contributed by atoms with Gasteiger partial charge in [0.1, 0.15) is 0 Å². The minimum atomic E-state index is -0.623. The van der Waals surface area contributed by atoms with E-state index >= 15 is 0 Å². The first-order valence-electron chi connectivity index (χ1n) is 14.3. The van der Waals surface area contributed by atoms with Crippen LogP contribution in [0.1, 0.15) is 49.4 Å². The molecule has 0 saturated heterocycles. The first kappa shape index (κ1) is 38.7. The average molecular weight is 750 g/mol. The molecule has 0 N–H and O–H groups in total. The van der Waals surface area contributed by atoms with Crippen LogP contribution in [0.5, 0.6) is 0 Å². The Hall–Kier alpha value is -2.51. The summed E-state index contributed by atoms with van der Waals surface area (Å²) in [4.78, 5) is 0.